The predicted molar refractivity (Wildman–Crippen MR) is 114 cm³/mol. The van der Waals surface area contributed by atoms with Gasteiger partial charge in [0.1, 0.15) is 6.04 Å². The number of ether oxygens (including phenoxy) is 1. The maximum absolute atomic E-state index is 13.8. The van der Waals surface area contributed by atoms with Crippen molar-refractivity contribution in [3.8, 4) is 0 Å². The summed E-state index contributed by atoms with van der Waals surface area (Å²) in [7, 11) is 1.27. The largest absolute Gasteiger partial charge is 0.467 e. The number of methoxy groups -OCH3 is 1. The van der Waals surface area contributed by atoms with Gasteiger partial charge in [0.2, 0.25) is 0 Å². The zero-order chi connectivity index (χ0) is 21.8. The Hall–Kier alpha value is -3.61. The summed E-state index contributed by atoms with van der Waals surface area (Å²) in [6, 6.07) is 15.7. The smallest absolute Gasteiger partial charge is 0.329 e. The average Bonchev–Trinajstić information content (AvgIpc) is 3.27. The van der Waals surface area contributed by atoms with Crippen molar-refractivity contribution in [3.05, 3.63) is 71.4 Å². The quantitative estimate of drug-likeness (QED) is 0.523. The number of hydrogen-bond donors (Lipinski definition) is 1. The van der Waals surface area contributed by atoms with Crippen LogP contribution in [0.1, 0.15) is 23.7 Å². The van der Waals surface area contributed by atoms with Crippen LogP contribution in [0.4, 0.5) is 4.79 Å². The number of carbonyl (C=O) groups is 3. The van der Waals surface area contributed by atoms with Crippen LogP contribution in [0.25, 0.3) is 10.9 Å². The van der Waals surface area contributed by atoms with Crippen LogP contribution in [0.15, 0.2) is 54.6 Å². The Morgan fingerprint density at radius 1 is 1.13 bits per heavy atom. The molecule has 1 N–H and O–H groups in total. The van der Waals surface area contributed by atoms with Gasteiger partial charge in [-0.2, -0.15) is 0 Å². The second kappa shape index (κ2) is 6.97. The molecule has 31 heavy (non-hydrogen) atoms. The number of esters is 1. The summed E-state index contributed by atoms with van der Waals surface area (Å²) >= 11 is 0. The van der Waals surface area contributed by atoms with Crippen molar-refractivity contribution in [2.45, 2.75) is 31.3 Å². The molecule has 2 aromatic carbocycles. The van der Waals surface area contributed by atoms with E-state index in [-0.39, 0.29) is 6.42 Å². The summed E-state index contributed by atoms with van der Waals surface area (Å²) in [5.41, 5.74) is 2.37. The highest BCUT2D eigenvalue weighted by molar-refractivity contribution is 6.10. The zero-order valence-electron chi connectivity index (χ0n) is 17.4. The third-order valence-corrected chi connectivity index (χ3v) is 6.55. The summed E-state index contributed by atoms with van der Waals surface area (Å²) in [5, 5.41) is 1.06. The molecule has 2 atom stereocenters. The standard InChI is InChI=1S/C24H23N3O4/c1-24-20-17(16-10-6-7-11-18(16)25-20)12-13-26(24)23(30)27(22(24)29)19(21(28)31-2)14-15-8-4-3-5-9-15/h3-11,19,25H,12-14H2,1-2H3/t19-,24+/m0/s1. The van der Waals surface area contributed by atoms with Crippen molar-refractivity contribution in [1.82, 2.24) is 14.8 Å². The van der Waals surface area contributed by atoms with Gasteiger partial charge in [-0.3, -0.25) is 4.79 Å². The number of H-pyrrole nitrogens is 1. The first-order valence-electron chi connectivity index (χ1n) is 10.3. The molecule has 2 aliphatic heterocycles. The Morgan fingerprint density at radius 3 is 2.58 bits per heavy atom. The van der Waals surface area contributed by atoms with Crippen molar-refractivity contribution in [1.29, 1.82) is 0 Å². The van der Waals surface area contributed by atoms with Crippen molar-refractivity contribution < 1.29 is 19.1 Å². The number of nitrogens with zero attached hydrogens (tertiary/aromatic N) is 2. The van der Waals surface area contributed by atoms with Gasteiger partial charge < -0.3 is 14.6 Å². The van der Waals surface area contributed by atoms with Crippen molar-refractivity contribution in [3.63, 3.8) is 0 Å². The highest BCUT2D eigenvalue weighted by atomic mass is 16.5. The van der Waals surface area contributed by atoms with Crippen molar-refractivity contribution in [2.75, 3.05) is 13.7 Å². The molecule has 158 valence electrons. The van der Waals surface area contributed by atoms with E-state index in [1.165, 1.54) is 7.11 Å². The summed E-state index contributed by atoms with van der Waals surface area (Å²) in [6.45, 7) is 2.17. The Morgan fingerprint density at radius 2 is 1.84 bits per heavy atom. The zero-order valence-corrected chi connectivity index (χ0v) is 17.4. The molecule has 1 saturated heterocycles. The van der Waals surface area contributed by atoms with Gasteiger partial charge in [0.05, 0.1) is 12.8 Å². The first-order chi connectivity index (χ1) is 15.0. The lowest BCUT2D eigenvalue weighted by atomic mass is 9.87. The molecule has 1 aromatic heterocycles. The van der Waals surface area contributed by atoms with Crippen molar-refractivity contribution >= 4 is 28.8 Å². The van der Waals surface area contributed by atoms with Crippen LogP contribution >= 0.6 is 0 Å². The van der Waals surface area contributed by atoms with Gasteiger partial charge in [-0.15, -0.1) is 0 Å². The second-order valence-electron chi connectivity index (χ2n) is 8.18. The Bertz CT molecular complexity index is 1200. The van der Waals surface area contributed by atoms with Crippen LogP contribution in [0.3, 0.4) is 0 Å². The number of rotatable bonds is 4. The third-order valence-electron chi connectivity index (χ3n) is 6.55. The fraction of sp³-hybridized carbons (Fsp3) is 0.292. The lowest BCUT2D eigenvalue weighted by molar-refractivity contribution is -0.150. The molecule has 1 fully saturated rings. The van der Waals surface area contributed by atoms with Gasteiger partial charge in [-0.25, -0.2) is 14.5 Å². The number of benzene rings is 2. The number of aromatic nitrogens is 1. The number of amides is 3. The summed E-state index contributed by atoms with van der Waals surface area (Å²) < 4.78 is 4.99. The molecule has 0 radical (unpaired) electrons. The molecule has 5 rings (SSSR count). The number of urea groups is 1. The molecule has 0 spiro atoms. The van der Waals surface area contributed by atoms with E-state index in [9.17, 15) is 14.4 Å². The molecular weight excluding hydrogens is 394 g/mol. The summed E-state index contributed by atoms with van der Waals surface area (Å²) in [6.07, 6.45) is 0.845. The molecule has 0 saturated carbocycles. The number of imide groups is 1. The molecule has 0 aliphatic carbocycles. The summed E-state index contributed by atoms with van der Waals surface area (Å²) in [4.78, 5) is 46.0. The van der Waals surface area contributed by atoms with E-state index in [0.717, 1.165) is 32.6 Å². The van der Waals surface area contributed by atoms with Gasteiger partial charge >= 0.3 is 12.0 Å². The van der Waals surface area contributed by atoms with Crippen LogP contribution in [0.2, 0.25) is 0 Å². The molecule has 3 amide bonds. The average molecular weight is 417 g/mol. The molecule has 0 bridgehead atoms. The van der Waals surface area contributed by atoms with Gasteiger partial charge in [-0.1, -0.05) is 48.5 Å². The summed E-state index contributed by atoms with van der Waals surface area (Å²) in [5.74, 6) is -1.01. The van der Waals surface area contributed by atoms with Crippen LogP contribution in [0, 0.1) is 0 Å². The third kappa shape index (κ3) is 2.69. The lowest BCUT2D eigenvalue weighted by Gasteiger charge is -2.36. The monoisotopic (exact) mass is 417 g/mol. The van der Waals surface area contributed by atoms with Crippen LogP contribution in [-0.2, 0) is 32.7 Å². The minimum absolute atomic E-state index is 0.203. The van der Waals surface area contributed by atoms with Crippen LogP contribution in [-0.4, -0.2) is 52.4 Å². The van der Waals surface area contributed by atoms with E-state index >= 15 is 0 Å². The minimum Gasteiger partial charge on any atom is -0.467 e. The number of nitrogens with one attached hydrogen (secondary N) is 1. The maximum Gasteiger partial charge on any atom is 0.329 e. The molecule has 0 unspecified atom stereocenters. The fourth-order valence-electron chi connectivity index (χ4n) is 4.95. The molecular formula is C24H23N3O4. The Labute approximate surface area is 179 Å². The van der Waals surface area contributed by atoms with Crippen LogP contribution < -0.4 is 0 Å². The number of hydrogen-bond acceptors (Lipinski definition) is 4. The number of fused-ring (bicyclic) bond motifs is 5. The maximum atomic E-state index is 13.8. The van der Waals surface area contributed by atoms with Crippen LogP contribution in [0.5, 0.6) is 0 Å². The normalized spacial score (nSPS) is 21.2. The SMILES string of the molecule is COC(=O)[C@H](Cc1ccccc1)N1C(=O)N2CCc3c([nH]c4ccccc34)[C@]2(C)C1=O. The highest BCUT2D eigenvalue weighted by Crippen LogP contribution is 2.44. The molecule has 7 heteroatoms. The van der Waals surface area contributed by atoms with Gasteiger partial charge in [0.25, 0.3) is 5.91 Å². The van der Waals surface area contributed by atoms with Gasteiger partial charge in [0, 0.05) is 23.9 Å². The molecule has 7 nitrogen and oxygen atoms in total. The number of para-hydroxylation sites is 1. The van der Waals surface area contributed by atoms with E-state index in [1.54, 1.807) is 11.8 Å². The van der Waals surface area contributed by atoms with Crippen molar-refractivity contribution in [2.24, 2.45) is 0 Å². The number of carbonyl (C=O) groups excluding carboxylic acids is 3. The molecule has 3 heterocycles. The highest BCUT2D eigenvalue weighted by Gasteiger charge is 2.60. The predicted octanol–water partition coefficient (Wildman–Crippen LogP) is 2.99. The number of aromatic amines is 1. The van der Waals surface area contributed by atoms with E-state index in [2.05, 4.69) is 4.98 Å². The van der Waals surface area contributed by atoms with E-state index < -0.39 is 29.5 Å². The molecule has 2 aliphatic rings. The second-order valence-corrected chi connectivity index (χ2v) is 8.18. The molecule has 3 aromatic rings. The first-order valence-corrected chi connectivity index (χ1v) is 10.3. The van der Waals surface area contributed by atoms with E-state index in [4.69, 9.17) is 4.74 Å². The van der Waals surface area contributed by atoms with Gasteiger partial charge in [0.15, 0.2) is 5.54 Å². The van der Waals surface area contributed by atoms with E-state index in [0.29, 0.717) is 13.0 Å². The lowest BCUT2D eigenvalue weighted by Crippen LogP contribution is -2.49. The first kappa shape index (κ1) is 19.4. The topological polar surface area (TPSA) is 82.7 Å². The van der Waals surface area contributed by atoms with E-state index in [1.807, 2.05) is 54.6 Å². The van der Waals surface area contributed by atoms with Gasteiger partial charge in [-0.05, 0) is 30.5 Å². The minimum atomic E-state index is -1.19. The Balaban J connectivity index is 1.60. The fourth-order valence-corrected chi connectivity index (χ4v) is 4.95. The Kier molecular flexibility index (Phi) is 4.36.